The number of hydrogen-bond donors (Lipinski definition) is 0. The zero-order valence-corrected chi connectivity index (χ0v) is 15.8. The molecule has 1 aliphatic rings. The van der Waals surface area contributed by atoms with Crippen molar-refractivity contribution >= 4 is 17.3 Å². The number of aliphatic carboxylic acids is 1. The van der Waals surface area contributed by atoms with Crippen LogP contribution in [0.2, 0.25) is 0 Å². The fourth-order valence-electron chi connectivity index (χ4n) is 3.54. The van der Waals surface area contributed by atoms with E-state index in [4.69, 9.17) is 4.74 Å². The molecule has 2 aromatic rings. The van der Waals surface area contributed by atoms with E-state index in [1.165, 1.54) is 16.9 Å². The van der Waals surface area contributed by atoms with Gasteiger partial charge in [0.15, 0.2) is 0 Å². The van der Waals surface area contributed by atoms with Gasteiger partial charge < -0.3 is 14.6 Å². The van der Waals surface area contributed by atoms with Gasteiger partial charge in [-0.25, -0.2) is 0 Å². The summed E-state index contributed by atoms with van der Waals surface area (Å²) in [6, 6.07) is 9.71. The number of fused-ring (bicyclic) bond motifs is 1. The van der Waals surface area contributed by atoms with E-state index >= 15 is 0 Å². The van der Waals surface area contributed by atoms with Gasteiger partial charge in [-0.1, -0.05) is 25.7 Å². The fraction of sp³-hybridized carbons (Fsp3) is 0.381. The smallest absolute Gasteiger partial charge is 0.123 e. The quantitative estimate of drug-likeness (QED) is 0.779. The molecule has 0 radical (unpaired) electrons. The van der Waals surface area contributed by atoms with Crippen LogP contribution in [0.1, 0.15) is 55.0 Å². The maximum atomic E-state index is 10.6. The Balaban J connectivity index is 1.87. The van der Waals surface area contributed by atoms with E-state index in [9.17, 15) is 9.90 Å². The highest BCUT2D eigenvalue weighted by Crippen LogP contribution is 2.44. The first-order valence-electron chi connectivity index (χ1n) is 8.29. The van der Waals surface area contributed by atoms with Crippen molar-refractivity contribution in [2.45, 2.75) is 51.6 Å². The van der Waals surface area contributed by atoms with Crippen LogP contribution in [0.25, 0.3) is 0 Å². The second kappa shape index (κ2) is 6.24. The molecule has 3 rings (SSSR count). The van der Waals surface area contributed by atoms with Gasteiger partial charge in [-0.3, -0.25) is 0 Å². The second-order valence-electron chi connectivity index (χ2n) is 7.70. The Hall–Kier alpha value is -2.25. The summed E-state index contributed by atoms with van der Waals surface area (Å²) in [5.74, 6) is 6.16. The zero-order valence-electron chi connectivity index (χ0n) is 14.9. The molecule has 0 bridgehead atoms. The molecule has 0 unspecified atom stereocenters. The molecule has 0 aliphatic carbocycles. The highest BCUT2D eigenvalue weighted by Gasteiger charge is 2.38. The van der Waals surface area contributed by atoms with Crippen LogP contribution < -0.4 is 9.84 Å². The number of hydrogen-bond acceptors (Lipinski definition) is 4. The lowest BCUT2D eigenvalue weighted by atomic mass is 9.73. The van der Waals surface area contributed by atoms with Crippen molar-refractivity contribution in [2.75, 3.05) is 0 Å². The van der Waals surface area contributed by atoms with Crippen molar-refractivity contribution < 1.29 is 14.6 Å². The average molecular weight is 353 g/mol. The number of carboxylic acids is 1. The van der Waals surface area contributed by atoms with Crippen molar-refractivity contribution in [3.8, 4) is 17.6 Å². The largest absolute Gasteiger partial charge is 0.550 e. The molecule has 0 atom stereocenters. The van der Waals surface area contributed by atoms with Crippen LogP contribution in [-0.2, 0) is 16.6 Å². The molecule has 130 valence electrons. The number of carbonyl (C=O) groups excluding carboxylic acids is 1. The Morgan fingerprint density at radius 3 is 2.68 bits per heavy atom. The first kappa shape index (κ1) is 17.6. The van der Waals surface area contributed by atoms with Crippen molar-refractivity contribution in [1.29, 1.82) is 0 Å². The predicted octanol–water partition coefficient (Wildman–Crippen LogP) is 3.28. The van der Waals surface area contributed by atoms with Crippen LogP contribution in [-0.4, -0.2) is 11.6 Å². The topological polar surface area (TPSA) is 49.4 Å². The van der Waals surface area contributed by atoms with Crippen LogP contribution in [0, 0.1) is 11.8 Å². The SMILES string of the molecule is CC1(C)CC(C)(C)c2cc(C#Cc3ccc(CC(=O)[O-])s3)ccc2O1. The molecule has 0 saturated carbocycles. The number of carbonyl (C=O) groups is 1. The molecule has 2 heterocycles. The van der Waals surface area contributed by atoms with Gasteiger partial charge in [0.1, 0.15) is 11.4 Å². The lowest BCUT2D eigenvalue weighted by molar-refractivity contribution is -0.304. The number of benzene rings is 1. The highest BCUT2D eigenvalue weighted by molar-refractivity contribution is 7.12. The van der Waals surface area contributed by atoms with Crippen LogP contribution in [0.15, 0.2) is 30.3 Å². The summed E-state index contributed by atoms with van der Waals surface area (Å²) in [6.07, 6.45) is 0.883. The van der Waals surface area contributed by atoms with Crippen LogP contribution >= 0.6 is 11.3 Å². The van der Waals surface area contributed by atoms with E-state index in [1.807, 2.05) is 18.2 Å². The summed E-state index contributed by atoms with van der Waals surface area (Å²) < 4.78 is 6.11. The first-order valence-corrected chi connectivity index (χ1v) is 9.10. The molecule has 4 heteroatoms. The summed E-state index contributed by atoms with van der Waals surface area (Å²) in [7, 11) is 0. The van der Waals surface area contributed by atoms with Gasteiger partial charge in [0.25, 0.3) is 0 Å². The molecule has 3 nitrogen and oxygen atoms in total. The van der Waals surface area contributed by atoms with Gasteiger partial charge in [0, 0.05) is 28.4 Å². The Morgan fingerprint density at radius 2 is 1.96 bits per heavy atom. The molecule has 0 fully saturated rings. The number of thiophene rings is 1. The summed E-state index contributed by atoms with van der Waals surface area (Å²) in [4.78, 5) is 12.3. The van der Waals surface area contributed by atoms with Gasteiger partial charge in [0.05, 0.1) is 4.88 Å². The second-order valence-corrected chi connectivity index (χ2v) is 8.87. The molecule has 0 amide bonds. The first-order chi connectivity index (χ1) is 11.6. The summed E-state index contributed by atoms with van der Waals surface area (Å²) in [5, 5.41) is 10.6. The van der Waals surface area contributed by atoms with Gasteiger partial charge in [-0.15, -0.1) is 11.3 Å². The summed E-state index contributed by atoms with van der Waals surface area (Å²) >= 11 is 1.39. The Bertz CT molecular complexity index is 878. The molecule has 0 N–H and O–H groups in total. The fourth-order valence-corrected chi connectivity index (χ4v) is 4.38. The van der Waals surface area contributed by atoms with E-state index in [0.717, 1.165) is 27.5 Å². The summed E-state index contributed by atoms with van der Waals surface area (Å²) in [6.45, 7) is 8.70. The Kier molecular flexibility index (Phi) is 4.38. The van der Waals surface area contributed by atoms with E-state index < -0.39 is 5.97 Å². The lowest BCUT2D eigenvalue weighted by Crippen LogP contribution is -2.41. The molecular weight excluding hydrogens is 332 g/mol. The minimum absolute atomic E-state index is 0.0271. The molecule has 1 aromatic heterocycles. The zero-order chi connectivity index (χ0) is 18.2. The maximum absolute atomic E-state index is 10.6. The van der Waals surface area contributed by atoms with E-state index in [2.05, 4.69) is 45.6 Å². The van der Waals surface area contributed by atoms with E-state index in [1.54, 1.807) is 6.07 Å². The van der Waals surface area contributed by atoms with Crippen LogP contribution in [0.5, 0.6) is 5.75 Å². The number of carboxylic acid groups (broad SMARTS) is 1. The normalized spacial score (nSPS) is 17.0. The Labute approximate surface area is 152 Å². The van der Waals surface area contributed by atoms with Gasteiger partial charge in [0.2, 0.25) is 0 Å². The molecule has 0 spiro atoms. The monoisotopic (exact) mass is 353 g/mol. The van der Waals surface area contributed by atoms with Crippen molar-refractivity contribution in [1.82, 2.24) is 0 Å². The molecule has 1 aliphatic heterocycles. The molecule has 0 saturated heterocycles. The lowest BCUT2D eigenvalue weighted by Gasteiger charge is -2.42. The van der Waals surface area contributed by atoms with Gasteiger partial charge >= 0.3 is 0 Å². The third-order valence-corrected chi connectivity index (χ3v) is 5.27. The molecule has 1 aromatic carbocycles. The van der Waals surface area contributed by atoms with Gasteiger partial charge in [-0.2, -0.15) is 0 Å². The Morgan fingerprint density at radius 1 is 1.20 bits per heavy atom. The van der Waals surface area contributed by atoms with E-state index in [0.29, 0.717) is 0 Å². The highest BCUT2D eigenvalue weighted by atomic mass is 32.1. The van der Waals surface area contributed by atoms with Gasteiger partial charge in [-0.05, 0) is 56.0 Å². The van der Waals surface area contributed by atoms with Crippen molar-refractivity contribution in [3.63, 3.8) is 0 Å². The molecular formula is C21H21O3S-. The van der Waals surface area contributed by atoms with E-state index in [-0.39, 0.29) is 17.4 Å². The third kappa shape index (κ3) is 4.05. The average Bonchev–Trinajstić information content (AvgIpc) is 2.90. The van der Waals surface area contributed by atoms with Crippen molar-refractivity contribution in [3.05, 3.63) is 51.2 Å². The van der Waals surface area contributed by atoms with Crippen LogP contribution in [0.4, 0.5) is 0 Å². The minimum atomic E-state index is -1.07. The number of ether oxygens (including phenoxy) is 1. The van der Waals surface area contributed by atoms with Crippen LogP contribution in [0.3, 0.4) is 0 Å². The molecule has 25 heavy (non-hydrogen) atoms. The number of rotatable bonds is 2. The predicted molar refractivity (Wildman–Crippen MR) is 97.8 cm³/mol. The minimum Gasteiger partial charge on any atom is -0.550 e. The standard InChI is InChI=1S/C21H22O3S/c1-20(2)13-21(3,4)24-18-10-6-14(11-17(18)20)5-7-15-8-9-16(25-15)12-19(22)23/h6,8-11H,12-13H2,1-4H3,(H,22,23)/p-1. The third-order valence-electron chi connectivity index (χ3n) is 4.27. The maximum Gasteiger partial charge on any atom is 0.123 e. The van der Waals surface area contributed by atoms with Crippen molar-refractivity contribution in [2.24, 2.45) is 0 Å². The summed E-state index contributed by atoms with van der Waals surface area (Å²) in [5.41, 5.74) is 1.97.